The zero-order valence-electron chi connectivity index (χ0n) is 10.9. The number of hydrogen-bond donors (Lipinski definition) is 1. The van der Waals surface area contributed by atoms with Gasteiger partial charge in [0.2, 0.25) is 0 Å². The SMILES string of the molecule is CNC(CC1CC2CCC1C2)c1ccc(Cl)cn1. The fraction of sp³-hybridized carbons (Fsp3) is 0.667. The Morgan fingerprint density at radius 1 is 1.39 bits per heavy atom. The van der Waals surface area contributed by atoms with Gasteiger partial charge in [0, 0.05) is 12.2 Å². The van der Waals surface area contributed by atoms with E-state index in [4.69, 9.17) is 11.6 Å². The van der Waals surface area contributed by atoms with Gasteiger partial charge in [-0.1, -0.05) is 18.0 Å². The summed E-state index contributed by atoms with van der Waals surface area (Å²) in [4.78, 5) is 4.46. The van der Waals surface area contributed by atoms with Gasteiger partial charge in [0.1, 0.15) is 0 Å². The number of hydrogen-bond acceptors (Lipinski definition) is 2. The molecule has 0 amide bonds. The van der Waals surface area contributed by atoms with Crippen LogP contribution in [0.15, 0.2) is 18.3 Å². The summed E-state index contributed by atoms with van der Waals surface area (Å²) in [7, 11) is 2.04. The highest BCUT2D eigenvalue weighted by atomic mass is 35.5. The van der Waals surface area contributed by atoms with Crippen LogP contribution < -0.4 is 5.32 Å². The molecule has 2 fully saturated rings. The Bertz CT molecular complexity index is 403. The Labute approximate surface area is 114 Å². The third-order valence-electron chi connectivity index (χ3n) is 4.88. The standard InChI is InChI=1S/C15H21ClN2/c1-17-15(14-5-4-13(16)9-18-14)8-12-7-10-2-3-11(12)6-10/h4-5,9-12,15,17H,2-3,6-8H2,1H3. The van der Waals surface area contributed by atoms with Crippen molar-refractivity contribution in [3.05, 3.63) is 29.0 Å². The second kappa shape index (κ2) is 5.18. The van der Waals surface area contributed by atoms with Gasteiger partial charge in [-0.25, -0.2) is 0 Å². The van der Waals surface area contributed by atoms with Crippen LogP contribution in [-0.4, -0.2) is 12.0 Å². The predicted molar refractivity (Wildman–Crippen MR) is 74.6 cm³/mol. The van der Waals surface area contributed by atoms with E-state index in [1.165, 1.54) is 32.1 Å². The molecule has 1 N–H and O–H groups in total. The summed E-state index contributed by atoms with van der Waals surface area (Å²) in [5.74, 6) is 2.91. The molecule has 4 unspecified atom stereocenters. The lowest BCUT2D eigenvalue weighted by atomic mass is 9.83. The fourth-order valence-corrected chi connectivity index (χ4v) is 4.06. The summed E-state index contributed by atoms with van der Waals surface area (Å²) >= 11 is 5.90. The smallest absolute Gasteiger partial charge is 0.0589 e. The number of fused-ring (bicyclic) bond motifs is 2. The Balaban J connectivity index is 1.67. The first kappa shape index (κ1) is 12.4. The summed E-state index contributed by atoms with van der Waals surface area (Å²) in [6.45, 7) is 0. The molecular formula is C15H21ClN2. The monoisotopic (exact) mass is 264 g/mol. The van der Waals surface area contributed by atoms with E-state index in [1.54, 1.807) is 6.20 Å². The van der Waals surface area contributed by atoms with Crippen LogP contribution in [0.2, 0.25) is 5.02 Å². The number of halogens is 1. The highest BCUT2D eigenvalue weighted by molar-refractivity contribution is 6.30. The van der Waals surface area contributed by atoms with Gasteiger partial charge in [-0.15, -0.1) is 0 Å². The summed E-state index contributed by atoms with van der Waals surface area (Å²) in [6, 6.07) is 4.37. The van der Waals surface area contributed by atoms with Crippen LogP contribution in [0.5, 0.6) is 0 Å². The van der Waals surface area contributed by atoms with Crippen molar-refractivity contribution in [2.75, 3.05) is 7.05 Å². The summed E-state index contributed by atoms with van der Waals surface area (Å²) in [5.41, 5.74) is 1.13. The average Bonchev–Trinajstić information content (AvgIpc) is 2.99. The summed E-state index contributed by atoms with van der Waals surface area (Å²) < 4.78 is 0. The van der Waals surface area contributed by atoms with Crippen LogP contribution >= 0.6 is 11.6 Å². The lowest BCUT2D eigenvalue weighted by molar-refractivity contribution is 0.282. The summed E-state index contributed by atoms with van der Waals surface area (Å²) in [5, 5.41) is 4.13. The van der Waals surface area contributed by atoms with E-state index < -0.39 is 0 Å². The van der Waals surface area contributed by atoms with E-state index in [2.05, 4.69) is 16.4 Å². The van der Waals surface area contributed by atoms with E-state index in [0.717, 1.165) is 23.4 Å². The van der Waals surface area contributed by atoms with Crippen molar-refractivity contribution in [2.24, 2.45) is 17.8 Å². The van der Waals surface area contributed by atoms with E-state index in [9.17, 15) is 0 Å². The minimum Gasteiger partial charge on any atom is -0.312 e. The topological polar surface area (TPSA) is 24.9 Å². The minimum absolute atomic E-state index is 0.381. The zero-order chi connectivity index (χ0) is 12.5. The Morgan fingerprint density at radius 3 is 2.83 bits per heavy atom. The van der Waals surface area contributed by atoms with Crippen LogP contribution in [-0.2, 0) is 0 Å². The van der Waals surface area contributed by atoms with Crippen LogP contribution in [0.25, 0.3) is 0 Å². The molecule has 2 aliphatic rings. The predicted octanol–water partition coefficient (Wildman–Crippen LogP) is 3.82. The molecule has 98 valence electrons. The molecule has 2 aliphatic carbocycles. The molecule has 0 spiro atoms. The molecule has 18 heavy (non-hydrogen) atoms. The molecule has 0 saturated heterocycles. The molecule has 1 aromatic heterocycles. The maximum atomic E-state index is 5.90. The van der Waals surface area contributed by atoms with Gasteiger partial charge in [-0.2, -0.15) is 0 Å². The van der Waals surface area contributed by atoms with Crippen LogP contribution in [0, 0.1) is 17.8 Å². The van der Waals surface area contributed by atoms with Crippen LogP contribution in [0.3, 0.4) is 0 Å². The molecule has 3 rings (SSSR count). The molecule has 2 bridgehead atoms. The molecular weight excluding hydrogens is 244 g/mol. The normalized spacial score (nSPS) is 31.8. The molecule has 1 aromatic rings. The van der Waals surface area contributed by atoms with Gasteiger partial charge < -0.3 is 5.32 Å². The number of rotatable bonds is 4. The minimum atomic E-state index is 0.381. The van der Waals surface area contributed by atoms with Gasteiger partial charge in [0.25, 0.3) is 0 Å². The van der Waals surface area contributed by atoms with Crippen molar-refractivity contribution in [1.82, 2.24) is 10.3 Å². The first-order valence-corrected chi connectivity index (χ1v) is 7.42. The Morgan fingerprint density at radius 2 is 2.28 bits per heavy atom. The highest BCUT2D eigenvalue weighted by Gasteiger charge is 2.40. The van der Waals surface area contributed by atoms with Crippen molar-refractivity contribution in [1.29, 1.82) is 0 Å². The van der Waals surface area contributed by atoms with Crippen molar-refractivity contribution in [2.45, 2.75) is 38.1 Å². The maximum absolute atomic E-state index is 5.90. The van der Waals surface area contributed by atoms with Crippen molar-refractivity contribution >= 4 is 11.6 Å². The third-order valence-corrected chi connectivity index (χ3v) is 5.10. The van der Waals surface area contributed by atoms with E-state index in [0.29, 0.717) is 11.1 Å². The molecule has 0 aliphatic heterocycles. The largest absolute Gasteiger partial charge is 0.312 e. The Kier molecular flexibility index (Phi) is 3.58. The van der Waals surface area contributed by atoms with Crippen molar-refractivity contribution < 1.29 is 0 Å². The van der Waals surface area contributed by atoms with Gasteiger partial charge in [-0.05, 0) is 62.6 Å². The molecule has 4 atom stereocenters. The number of aromatic nitrogens is 1. The second-order valence-electron chi connectivity index (χ2n) is 5.91. The molecule has 0 radical (unpaired) electrons. The molecule has 2 saturated carbocycles. The van der Waals surface area contributed by atoms with Crippen LogP contribution in [0.1, 0.15) is 43.8 Å². The molecule has 2 nitrogen and oxygen atoms in total. The van der Waals surface area contributed by atoms with E-state index in [1.807, 2.05) is 13.1 Å². The zero-order valence-corrected chi connectivity index (χ0v) is 11.7. The first-order valence-electron chi connectivity index (χ1n) is 7.05. The lowest BCUT2D eigenvalue weighted by Crippen LogP contribution is -2.23. The molecule has 1 heterocycles. The number of nitrogens with zero attached hydrogens (tertiary/aromatic N) is 1. The van der Waals surface area contributed by atoms with Gasteiger partial charge in [0.15, 0.2) is 0 Å². The third kappa shape index (κ3) is 2.41. The molecule has 0 aromatic carbocycles. The second-order valence-corrected chi connectivity index (χ2v) is 6.35. The van der Waals surface area contributed by atoms with Crippen molar-refractivity contribution in [3.63, 3.8) is 0 Å². The van der Waals surface area contributed by atoms with E-state index >= 15 is 0 Å². The Hall–Kier alpha value is -0.600. The quantitative estimate of drug-likeness (QED) is 0.894. The molecule has 3 heteroatoms. The average molecular weight is 265 g/mol. The highest BCUT2D eigenvalue weighted by Crippen LogP contribution is 2.50. The van der Waals surface area contributed by atoms with Gasteiger partial charge in [0.05, 0.1) is 10.7 Å². The summed E-state index contributed by atoms with van der Waals surface area (Å²) in [6.07, 6.45) is 8.84. The van der Waals surface area contributed by atoms with E-state index in [-0.39, 0.29) is 0 Å². The fourth-order valence-electron chi connectivity index (χ4n) is 3.95. The number of pyridine rings is 1. The first-order chi connectivity index (χ1) is 8.76. The lowest BCUT2D eigenvalue weighted by Gasteiger charge is -2.26. The van der Waals surface area contributed by atoms with Crippen molar-refractivity contribution in [3.8, 4) is 0 Å². The van der Waals surface area contributed by atoms with Gasteiger partial charge >= 0.3 is 0 Å². The van der Waals surface area contributed by atoms with Gasteiger partial charge in [-0.3, -0.25) is 4.98 Å². The maximum Gasteiger partial charge on any atom is 0.0589 e. The number of nitrogens with one attached hydrogen (secondary N) is 1. The van der Waals surface area contributed by atoms with Crippen LogP contribution in [0.4, 0.5) is 0 Å².